The molecule has 1 aliphatic rings. The summed E-state index contributed by atoms with van der Waals surface area (Å²) in [6, 6.07) is 7.75. The molecule has 5 nitrogen and oxygen atoms in total. The summed E-state index contributed by atoms with van der Waals surface area (Å²) in [6.45, 7) is 2.31. The van der Waals surface area contributed by atoms with E-state index in [-0.39, 0.29) is 11.3 Å². The second kappa shape index (κ2) is 4.62. The SMILES string of the molecule is Cc1nnc(SC2COc3ccccc3C2N)o1. The molecule has 1 aromatic carbocycles. The van der Waals surface area contributed by atoms with Gasteiger partial charge in [0.1, 0.15) is 12.4 Å². The Hall–Kier alpha value is -1.53. The van der Waals surface area contributed by atoms with E-state index in [0.29, 0.717) is 17.7 Å². The molecule has 6 heteroatoms. The first-order chi connectivity index (χ1) is 8.74. The number of nitrogens with two attached hydrogens (primary N) is 1. The van der Waals surface area contributed by atoms with Crippen LogP contribution in [0.5, 0.6) is 5.75 Å². The Kier molecular flexibility index (Phi) is 2.97. The van der Waals surface area contributed by atoms with E-state index in [1.165, 1.54) is 11.8 Å². The summed E-state index contributed by atoms with van der Waals surface area (Å²) in [6.07, 6.45) is 0. The van der Waals surface area contributed by atoms with Gasteiger partial charge in [-0.05, 0) is 6.07 Å². The van der Waals surface area contributed by atoms with Crippen molar-refractivity contribution in [1.82, 2.24) is 10.2 Å². The highest BCUT2D eigenvalue weighted by atomic mass is 32.2. The van der Waals surface area contributed by atoms with Crippen molar-refractivity contribution in [1.29, 1.82) is 0 Å². The van der Waals surface area contributed by atoms with Gasteiger partial charge in [-0.3, -0.25) is 0 Å². The van der Waals surface area contributed by atoms with Gasteiger partial charge in [-0.1, -0.05) is 30.0 Å². The van der Waals surface area contributed by atoms with Crippen LogP contribution in [0.2, 0.25) is 0 Å². The van der Waals surface area contributed by atoms with Crippen LogP contribution in [0.15, 0.2) is 33.9 Å². The number of rotatable bonds is 2. The standard InChI is InChI=1S/C12H13N3O2S/c1-7-14-15-12(17-7)18-10-6-16-9-5-3-2-4-8(9)11(10)13/h2-5,10-11H,6,13H2,1H3. The number of fused-ring (bicyclic) bond motifs is 1. The Labute approximate surface area is 109 Å². The molecule has 0 bridgehead atoms. The Balaban J connectivity index is 1.80. The highest BCUT2D eigenvalue weighted by molar-refractivity contribution is 7.99. The van der Waals surface area contributed by atoms with E-state index in [1.807, 2.05) is 24.3 Å². The van der Waals surface area contributed by atoms with Gasteiger partial charge in [0, 0.05) is 18.5 Å². The van der Waals surface area contributed by atoms with Gasteiger partial charge in [0.05, 0.1) is 5.25 Å². The van der Waals surface area contributed by atoms with Crippen molar-refractivity contribution in [3.8, 4) is 5.75 Å². The summed E-state index contributed by atoms with van der Waals surface area (Å²) in [5.41, 5.74) is 7.28. The largest absolute Gasteiger partial charge is 0.492 e. The van der Waals surface area contributed by atoms with Gasteiger partial charge in [0.15, 0.2) is 0 Å². The molecule has 0 aliphatic carbocycles. The van der Waals surface area contributed by atoms with Crippen molar-refractivity contribution in [3.05, 3.63) is 35.7 Å². The molecule has 0 fully saturated rings. The molecule has 0 amide bonds. The second-order valence-electron chi connectivity index (χ2n) is 4.12. The first-order valence-electron chi connectivity index (χ1n) is 5.68. The van der Waals surface area contributed by atoms with Crippen LogP contribution in [-0.4, -0.2) is 22.1 Å². The van der Waals surface area contributed by atoms with Crippen molar-refractivity contribution in [3.63, 3.8) is 0 Å². The molecule has 1 aliphatic heterocycles. The fraction of sp³-hybridized carbons (Fsp3) is 0.333. The van der Waals surface area contributed by atoms with Crippen molar-refractivity contribution in [2.24, 2.45) is 5.73 Å². The van der Waals surface area contributed by atoms with Gasteiger partial charge in [-0.25, -0.2) is 0 Å². The van der Waals surface area contributed by atoms with E-state index in [1.54, 1.807) is 6.92 Å². The minimum atomic E-state index is -0.0906. The molecular weight excluding hydrogens is 250 g/mol. The topological polar surface area (TPSA) is 74.2 Å². The predicted molar refractivity (Wildman–Crippen MR) is 67.5 cm³/mol. The molecule has 94 valence electrons. The summed E-state index contributed by atoms with van der Waals surface area (Å²) in [7, 11) is 0. The molecule has 3 rings (SSSR count). The summed E-state index contributed by atoms with van der Waals surface area (Å²) in [4.78, 5) is 0. The zero-order valence-corrected chi connectivity index (χ0v) is 10.7. The number of aryl methyl sites for hydroxylation is 1. The van der Waals surface area contributed by atoms with Crippen LogP contribution in [0.25, 0.3) is 0 Å². The normalized spacial score (nSPS) is 22.3. The summed E-state index contributed by atoms with van der Waals surface area (Å²) < 4.78 is 11.0. The van der Waals surface area contributed by atoms with E-state index in [0.717, 1.165) is 11.3 Å². The maximum absolute atomic E-state index is 6.25. The fourth-order valence-electron chi connectivity index (χ4n) is 1.93. The molecule has 2 atom stereocenters. The number of thioether (sulfide) groups is 1. The monoisotopic (exact) mass is 263 g/mol. The molecule has 0 saturated carbocycles. The smallest absolute Gasteiger partial charge is 0.277 e. The van der Waals surface area contributed by atoms with E-state index in [2.05, 4.69) is 10.2 Å². The Morgan fingerprint density at radius 2 is 2.17 bits per heavy atom. The zero-order valence-electron chi connectivity index (χ0n) is 9.87. The fourth-order valence-corrected chi connectivity index (χ4v) is 2.87. The molecular formula is C12H13N3O2S. The Morgan fingerprint density at radius 1 is 1.33 bits per heavy atom. The molecule has 2 aromatic rings. The van der Waals surface area contributed by atoms with Crippen molar-refractivity contribution in [2.75, 3.05) is 6.61 Å². The Bertz CT molecular complexity index is 558. The van der Waals surface area contributed by atoms with Crippen LogP contribution in [0.3, 0.4) is 0 Å². The van der Waals surface area contributed by atoms with Crippen LogP contribution in [-0.2, 0) is 0 Å². The highest BCUT2D eigenvalue weighted by Crippen LogP contribution is 2.37. The average Bonchev–Trinajstić information content (AvgIpc) is 2.79. The van der Waals surface area contributed by atoms with Crippen LogP contribution in [0, 0.1) is 6.92 Å². The van der Waals surface area contributed by atoms with Crippen LogP contribution < -0.4 is 10.5 Å². The number of hydrogen-bond donors (Lipinski definition) is 1. The van der Waals surface area contributed by atoms with Crippen molar-refractivity contribution < 1.29 is 9.15 Å². The number of hydrogen-bond acceptors (Lipinski definition) is 6. The third-order valence-electron chi connectivity index (χ3n) is 2.84. The summed E-state index contributed by atoms with van der Waals surface area (Å²) >= 11 is 1.47. The summed E-state index contributed by atoms with van der Waals surface area (Å²) in [5.74, 6) is 1.42. The van der Waals surface area contributed by atoms with E-state index in [9.17, 15) is 0 Å². The number of aromatic nitrogens is 2. The lowest BCUT2D eigenvalue weighted by Gasteiger charge is -2.29. The minimum Gasteiger partial charge on any atom is -0.492 e. The third-order valence-corrected chi connectivity index (χ3v) is 3.94. The molecule has 18 heavy (non-hydrogen) atoms. The molecule has 0 saturated heterocycles. The van der Waals surface area contributed by atoms with E-state index in [4.69, 9.17) is 14.9 Å². The first kappa shape index (κ1) is 11.6. The maximum Gasteiger partial charge on any atom is 0.277 e. The van der Waals surface area contributed by atoms with Gasteiger partial charge in [-0.2, -0.15) is 0 Å². The van der Waals surface area contributed by atoms with E-state index < -0.39 is 0 Å². The molecule has 1 aromatic heterocycles. The van der Waals surface area contributed by atoms with Crippen molar-refractivity contribution in [2.45, 2.75) is 23.4 Å². The molecule has 0 radical (unpaired) electrons. The van der Waals surface area contributed by atoms with Crippen LogP contribution in [0.1, 0.15) is 17.5 Å². The Morgan fingerprint density at radius 3 is 2.94 bits per heavy atom. The minimum absolute atomic E-state index is 0.0831. The molecule has 0 spiro atoms. The number of para-hydroxylation sites is 1. The lowest BCUT2D eigenvalue weighted by molar-refractivity contribution is 0.274. The first-order valence-corrected chi connectivity index (χ1v) is 6.56. The summed E-state index contributed by atoms with van der Waals surface area (Å²) in [5, 5.41) is 8.39. The van der Waals surface area contributed by atoms with Gasteiger partial charge >= 0.3 is 0 Å². The van der Waals surface area contributed by atoms with Gasteiger partial charge in [0.2, 0.25) is 5.89 Å². The van der Waals surface area contributed by atoms with Crippen molar-refractivity contribution >= 4 is 11.8 Å². The molecule has 2 heterocycles. The van der Waals surface area contributed by atoms with E-state index >= 15 is 0 Å². The third kappa shape index (κ3) is 2.09. The average molecular weight is 263 g/mol. The zero-order chi connectivity index (χ0) is 12.5. The highest BCUT2D eigenvalue weighted by Gasteiger charge is 2.30. The second-order valence-corrected chi connectivity index (χ2v) is 5.31. The maximum atomic E-state index is 6.25. The number of nitrogens with zero attached hydrogens (tertiary/aromatic N) is 2. The van der Waals surface area contributed by atoms with Gasteiger partial charge in [0.25, 0.3) is 5.22 Å². The van der Waals surface area contributed by atoms with Crippen LogP contribution in [0.4, 0.5) is 0 Å². The van der Waals surface area contributed by atoms with Crippen LogP contribution >= 0.6 is 11.8 Å². The lowest BCUT2D eigenvalue weighted by atomic mass is 10.0. The predicted octanol–water partition coefficient (Wildman–Crippen LogP) is 1.93. The van der Waals surface area contributed by atoms with Gasteiger partial charge in [-0.15, -0.1) is 10.2 Å². The number of benzene rings is 1. The van der Waals surface area contributed by atoms with Gasteiger partial charge < -0.3 is 14.9 Å². The molecule has 2 unspecified atom stereocenters. The number of ether oxygens (including phenoxy) is 1. The quantitative estimate of drug-likeness (QED) is 0.892. The lowest BCUT2D eigenvalue weighted by Crippen LogP contribution is -2.33. The molecule has 2 N–H and O–H groups in total.